The number of furan rings is 1. The third-order valence-electron chi connectivity index (χ3n) is 4.27. The maximum absolute atomic E-state index is 13.0. The summed E-state index contributed by atoms with van der Waals surface area (Å²) >= 11 is 0. The number of nitrogens with one attached hydrogen (secondary N) is 2. The van der Waals surface area contributed by atoms with E-state index in [1.165, 1.54) is 31.4 Å². The molecule has 0 aliphatic heterocycles. The zero-order valence-corrected chi connectivity index (χ0v) is 16.8. The van der Waals surface area contributed by atoms with E-state index in [9.17, 15) is 19.5 Å². The summed E-state index contributed by atoms with van der Waals surface area (Å²) in [5.41, 5.74) is 0.382. The molecule has 0 unspecified atom stereocenters. The van der Waals surface area contributed by atoms with E-state index in [0.717, 1.165) is 0 Å². The Kier molecular flexibility index (Phi) is 6.51. The lowest BCUT2D eigenvalue weighted by Crippen LogP contribution is -2.30. The molecule has 2 amide bonds. The number of ether oxygens (including phenoxy) is 1. The number of rotatable bonds is 7. The van der Waals surface area contributed by atoms with E-state index in [0.29, 0.717) is 17.1 Å². The van der Waals surface area contributed by atoms with E-state index in [1.807, 2.05) is 0 Å². The average molecular weight is 420 g/mol. The van der Waals surface area contributed by atoms with Crippen molar-refractivity contribution < 1.29 is 28.6 Å². The highest BCUT2D eigenvalue weighted by molar-refractivity contribution is 6.11. The molecule has 0 saturated carbocycles. The first-order chi connectivity index (χ1) is 14.9. The second kappa shape index (κ2) is 9.45. The molecule has 0 fully saturated rings. The number of benzene rings is 2. The van der Waals surface area contributed by atoms with Crippen LogP contribution in [-0.2, 0) is 4.79 Å². The summed E-state index contributed by atoms with van der Waals surface area (Å²) in [6.07, 6.45) is 1.39. The average Bonchev–Trinajstić information content (AvgIpc) is 3.18. The number of methoxy groups -OCH3 is 1. The lowest BCUT2D eigenvalue weighted by Gasteiger charge is -2.13. The van der Waals surface area contributed by atoms with Gasteiger partial charge in [0.25, 0.3) is 11.8 Å². The van der Waals surface area contributed by atoms with E-state index in [-0.39, 0.29) is 22.7 Å². The van der Waals surface area contributed by atoms with Gasteiger partial charge < -0.3 is 24.9 Å². The summed E-state index contributed by atoms with van der Waals surface area (Å²) < 4.78 is 10.7. The summed E-state index contributed by atoms with van der Waals surface area (Å²) in [5.74, 6) is -1.06. The Morgan fingerprint density at radius 2 is 1.74 bits per heavy atom. The highest BCUT2D eigenvalue weighted by atomic mass is 16.5. The monoisotopic (exact) mass is 420 g/mol. The number of hydrogen-bond donors (Lipinski definition) is 3. The highest BCUT2D eigenvalue weighted by Gasteiger charge is 2.18. The van der Waals surface area contributed by atoms with Crippen molar-refractivity contribution in [3.05, 3.63) is 89.0 Å². The molecule has 3 aromatic rings. The molecule has 1 heterocycles. The van der Waals surface area contributed by atoms with E-state index < -0.39 is 17.8 Å². The van der Waals surface area contributed by atoms with Gasteiger partial charge in [-0.1, -0.05) is 18.2 Å². The predicted octanol–water partition coefficient (Wildman–Crippen LogP) is 3.70. The van der Waals surface area contributed by atoms with Crippen molar-refractivity contribution in [3.8, 4) is 5.75 Å². The van der Waals surface area contributed by atoms with Crippen molar-refractivity contribution in [2.75, 3.05) is 12.4 Å². The Hall–Kier alpha value is -4.33. The van der Waals surface area contributed by atoms with Gasteiger partial charge in [-0.05, 0) is 49.4 Å². The summed E-state index contributed by atoms with van der Waals surface area (Å²) in [7, 11) is 1.39. The predicted molar refractivity (Wildman–Crippen MR) is 114 cm³/mol. The minimum Gasteiger partial charge on any atom is -0.495 e. The molecule has 0 radical (unpaired) electrons. The van der Waals surface area contributed by atoms with Crippen LogP contribution in [0.3, 0.4) is 0 Å². The van der Waals surface area contributed by atoms with Crippen LogP contribution in [0, 0.1) is 6.92 Å². The van der Waals surface area contributed by atoms with Crippen LogP contribution < -0.4 is 15.4 Å². The molecule has 8 heteroatoms. The van der Waals surface area contributed by atoms with Gasteiger partial charge in [-0.3, -0.25) is 9.59 Å². The van der Waals surface area contributed by atoms with Gasteiger partial charge in [0.1, 0.15) is 23.0 Å². The van der Waals surface area contributed by atoms with Crippen LogP contribution >= 0.6 is 0 Å². The maximum Gasteiger partial charge on any atom is 0.335 e. The zero-order chi connectivity index (χ0) is 22.4. The summed E-state index contributed by atoms with van der Waals surface area (Å²) in [6.45, 7) is 1.75. The first-order valence-corrected chi connectivity index (χ1v) is 9.24. The Balaban J connectivity index is 1.93. The van der Waals surface area contributed by atoms with Crippen molar-refractivity contribution in [2.24, 2.45) is 0 Å². The number of hydrogen-bond acceptors (Lipinski definition) is 5. The molecular weight excluding hydrogens is 400 g/mol. The molecule has 3 rings (SSSR count). The van der Waals surface area contributed by atoms with E-state index in [1.54, 1.807) is 49.4 Å². The van der Waals surface area contributed by atoms with Crippen LogP contribution in [0.4, 0.5) is 5.69 Å². The lowest BCUT2D eigenvalue weighted by atomic mass is 10.1. The summed E-state index contributed by atoms with van der Waals surface area (Å²) in [5, 5.41) is 14.4. The van der Waals surface area contributed by atoms with E-state index >= 15 is 0 Å². The summed E-state index contributed by atoms with van der Waals surface area (Å²) in [4.78, 5) is 36.9. The van der Waals surface area contributed by atoms with Gasteiger partial charge >= 0.3 is 5.97 Å². The van der Waals surface area contributed by atoms with Crippen molar-refractivity contribution >= 4 is 29.5 Å². The van der Waals surface area contributed by atoms with Crippen LogP contribution in [0.5, 0.6) is 5.75 Å². The van der Waals surface area contributed by atoms with Crippen molar-refractivity contribution in [1.29, 1.82) is 0 Å². The van der Waals surface area contributed by atoms with Crippen molar-refractivity contribution in [1.82, 2.24) is 5.32 Å². The lowest BCUT2D eigenvalue weighted by molar-refractivity contribution is -0.113. The number of aromatic carboxylic acids is 1. The van der Waals surface area contributed by atoms with Crippen LogP contribution in [-0.4, -0.2) is 30.0 Å². The number of carbonyl (C=O) groups excluding carboxylic acids is 2. The second-order valence-corrected chi connectivity index (χ2v) is 6.50. The van der Waals surface area contributed by atoms with Gasteiger partial charge in [-0.2, -0.15) is 0 Å². The molecule has 31 heavy (non-hydrogen) atoms. The van der Waals surface area contributed by atoms with Crippen molar-refractivity contribution in [2.45, 2.75) is 6.92 Å². The third-order valence-corrected chi connectivity index (χ3v) is 4.27. The smallest absolute Gasteiger partial charge is 0.335 e. The Morgan fingerprint density at radius 3 is 2.35 bits per heavy atom. The van der Waals surface area contributed by atoms with Gasteiger partial charge in [0.2, 0.25) is 0 Å². The fraction of sp³-hybridized carbons (Fsp3) is 0.0870. The number of amides is 2. The van der Waals surface area contributed by atoms with Crippen LogP contribution in [0.1, 0.15) is 32.2 Å². The topological polar surface area (TPSA) is 118 Å². The molecule has 1 aromatic heterocycles. The minimum atomic E-state index is -1.16. The molecule has 158 valence electrons. The SMILES string of the molecule is COc1ccc(C(=O)O)cc1NC(=O)/C(=C/c1ccc(C)o1)NC(=O)c1ccccc1. The minimum absolute atomic E-state index is 0.0309. The van der Waals surface area contributed by atoms with E-state index in [4.69, 9.17) is 9.15 Å². The quantitative estimate of drug-likeness (QED) is 0.502. The van der Waals surface area contributed by atoms with Gasteiger partial charge in [0.15, 0.2) is 0 Å². The molecule has 0 saturated heterocycles. The van der Waals surface area contributed by atoms with Crippen LogP contribution in [0.25, 0.3) is 6.08 Å². The van der Waals surface area contributed by atoms with Crippen molar-refractivity contribution in [3.63, 3.8) is 0 Å². The third kappa shape index (κ3) is 5.39. The van der Waals surface area contributed by atoms with Crippen LogP contribution in [0.15, 0.2) is 70.8 Å². The van der Waals surface area contributed by atoms with Gasteiger partial charge in [-0.25, -0.2) is 4.79 Å². The molecule has 0 aliphatic rings. The highest BCUT2D eigenvalue weighted by Crippen LogP contribution is 2.26. The maximum atomic E-state index is 13.0. The Bertz CT molecular complexity index is 1150. The largest absolute Gasteiger partial charge is 0.495 e. The first kappa shape index (κ1) is 21.4. The molecule has 0 spiro atoms. The molecular formula is C23H20N2O6. The van der Waals surface area contributed by atoms with E-state index in [2.05, 4.69) is 10.6 Å². The first-order valence-electron chi connectivity index (χ1n) is 9.24. The van der Waals surface area contributed by atoms with Crippen LogP contribution in [0.2, 0.25) is 0 Å². The molecule has 2 aromatic carbocycles. The zero-order valence-electron chi connectivity index (χ0n) is 16.8. The standard InChI is InChI=1S/C23H20N2O6/c1-14-8-10-17(31-14)13-19(25-21(26)15-6-4-3-5-7-15)22(27)24-18-12-16(23(28)29)9-11-20(18)30-2/h3-13H,1-2H3,(H,24,27)(H,25,26)(H,28,29)/b19-13-. The molecule has 8 nitrogen and oxygen atoms in total. The number of carboxylic acid groups (broad SMARTS) is 1. The summed E-state index contributed by atoms with van der Waals surface area (Å²) in [6, 6.07) is 15.8. The fourth-order valence-corrected chi connectivity index (χ4v) is 2.74. The van der Waals surface area contributed by atoms with Gasteiger partial charge in [0, 0.05) is 11.6 Å². The number of anilines is 1. The Morgan fingerprint density at radius 1 is 1.00 bits per heavy atom. The number of carbonyl (C=O) groups is 3. The Labute approximate surface area is 178 Å². The number of carboxylic acids is 1. The molecule has 0 bridgehead atoms. The van der Waals surface area contributed by atoms with Gasteiger partial charge in [-0.15, -0.1) is 0 Å². The van der Waals surface area contributed by atoms with Gasteiger partial charge in [0.05, 0.1) is 18.4 Å². The normalized spacial score (nSPS) is 11.0. The second-order valence-electron chi connectivity index (χ2n) is 6.50. The molecule has 0 aliphatic carbocycles. The fourth-order valence-electron chi connectivity index (χ4n) is 2.74. The molecule has 0 atom stereocenters. The number of aryl methyl sites for hydroxylation is 1. The molecule has 3 N–H and O–H groups in total.